The molecule has 0 saturated carbocycles. The van der Waals surface area contributed by atoms with Crippen LogP contribution in [0, 0.1) is 0 Å². The number of hydrogen-bond donors (Lipinski definition) is 1. The Morgan fingerprint density at radius 3 is 2.16 bits per heavy atom. The van der Waals surface area contributed by atoms with E-state index in [-0.39, 0.29) is 18.1 Å². The van der Waals surface area contributed by atoms with Gasteiger partial charge >= 0.3 is 0 Å². The van der Waals surface area contributed by atoms with Crippen LogP contribution < -0.4 is 5.32 Å². The van der Waals surface area contributed by atoms with Gasteiger partial charge in [0.1, 0.15) is 5.01 Å². The fourth-order valence-electron chi connectivity index (χ4n) is 3.51. The Kier molecular flexibility index (Phi) is 7.20. The highest BCUT2D eigenvalue weighted by molar-refractivity contribution is 7.10. The first-order chi connectivity index (χ1) is 15.7. The van der Waals surface area contributed by atoms with Gasteiger partial charge in [-0.05, 0) is 30.5 Å². The van der Waals surface area contributed by atoms with E-state index in [0.717, 1.165) is 21.8 Å². The Morgan fingerprint density at radius 1 is 0.844 bits per heavy atom. The molecule has 32 heavy (non-hydrogen) atoms. The molecular formula is C27H24N2O2S. The van der Waals surface area contributed by atoms with Gasteiger partial charge in [0.05, 0.1) is 18.2 Å². The summed E-state index contributed by atoms with van der Waals surface area (Å²) in [4.78, 5) is 30.6. The minimum absolute atomic E-state index is 0.0285. The monoisotopic (exact) mass is 440 g/mol. The van der Waals surface area contributed by atoms with Crippen molar-refractivity contribution in [2.24, 2.45) is 0 Å². The Labute approximate surface area is 192 Å². The lowest BCUT2D eigenvalue weighted by Crippen LogP contribution is -2.42. The van der Waals surface area contributed by atoms with Crippen LogP contribution in [0.25, 0.3) is 11.3 Å². The van der Waals surface area contributed by atoms with Crippen molar-refractivity contribution in [2.75, 3.05) is 0 Å². The molecule has 160 valence electrons. The summed E-state index contributed by atoms with van der Waals surface area (Å²) in [5.41, 5.74) is 3.58. The van der Waals surface area contributed by atoms with Crippen LogP contribution in [0.3, 0.4) is 0 Å². The van der Waals surface area contributed by atoms with E-state index >= 15 is 0 Å². The average Bonchev–Trinajstić information content (AvgIpc) is 3.31. The zero-order valence-corrected chi connectivity index (χ0v) is 18.4. The van der Waals surface area contributed by atoms with Crippen LogP contribution in [0.15, 0.2) is 96.4 Å². The molecule has 0 radical (unpaired) electrons. The molecule has 0 aliphatic carbocycles. The minimum atomic E-state index is -0.577. The number of thiazole rings is 1. The second kappa shape index (κ2) is 10.6. The van der Waals surface area contributed by atoms with E-state index in [1.807, 2.05) is 84.2 Å². The first-order valence-corrected chi connectivity index (χ1v) is 11.5. The van der Waals surface area contributed by atoms with Gasteiger partial charge in [0.15, 0.2) is 5.78 Å². The van der Waals surface area contributed by atoms with Crippen LogP contribution in [0.4, 0.5) is 0 Å². The van der Waals surface area contributed by atoms with Crippen molar-refractivity contribution in [1.29, 1.82) is 0 Å². The summed E-state index contributed by atoms with van der Waals surface area (Å²) >= 11 is 1.48. The van der Waals surface area contributed by atoms with Gasteiger partial charge < -0.3 is 5.32 Å². The van der Waals surface area contributed by atoms with Gasteiger partial charge in [-0.2, -0.15) is 0 Å². The molecule has 0 unspecified atom stereocenters. The summed E-state index contributed by atoms with van der Waals surface area (Å²) in [6, 6.07) is 28.3. The summed E-state index contributed by atoms with van der Waals surface area (Å²) in [6.07, 6.45) is 1.45. The summed E-state index contributed by atoms with van der Waals surface area (Å²) in [5.74, 6) is -0.264. The lowest BCUT2D eigenvalue weighted by atomic mass is 10.00. The maximum atomic E-state index is 13.2. The molecule has 0 bridgehead atoms. The number of nitrogens with zero attached hydrogens (tertiary/aromatic N) is 1. The zero-order valence-electron chi connectivity index (χ0n) is 17.6. The normalized spacial score (nSPS) is 11.6. The SMILES string of the molecule is O=C(N[C@@H](CCc1ccccc1)C(=O)Cc1nc(-c2ccccc2)cs1)c1ccccc1. The van der Waals surface area contributed by atoms with Crippen molar-refractivity contribution in [3.63, 3.8) is 0 Å². The summed E-state index contributed by atoms with van der Waals surface area (Å²) in [6.45, 7) is 0. The first kappa shape index (κ1) is 21.7. The highest BCUT2D eigenvalue weighted by Crippen LogP contribution is 2.22. The molecule has 1 atom stereocenters. The van der Waals surface area contributed by atoms with Gasteiger partial charge in [-0.3, -0.25) is 9.59 Å². The van der Waals surface area contributed by atoms with Gasteiger partial charge in [-0.1, -0.05) is 78.9 Å². The van der Waals surface area contributed by atoms with E-state index in [2.05, 4.69) is 10.3 Å². The number of Topliss-reactive ketones (excluding diaryl/α,β-unsaturated/α-hetero) is 1. The van der Waals surface area contributed by atoms with Crippen molar-refractivity contribution < 1.29 is 9.59 Å². The smallest absolute Gasteiger partial charge is 0.251 e. The largest absolute Gasteiger partial charge is 0.342 e. The predicted octanol–water partition coefficient (Wildman–Crippen LogP) is 5.35. The summed E-state index contributed by atoms with van der Waals surface area (Å²) in [7, 11) is 0. The molecule has 0 spiro atoms. The molecule has 0 saturated heterocycles. The topological polar surface area (TPSA) is 59.1 Å². The maximum absolute atomic E-state index is 13.2. The van der Waals surface area contributed by atoms with Gasteiger partial charge in [0, 0.05) is 16.5 Å². The lowest BCUT2D eigenvalue weighted by Gasteiger charge is -2.17. The number of ketones is 1. The fraction of sp³-hybridized carbons (Fsp3) is 0.148. The Bertz CT molecular complexity index is 1160. The second-order valence-corrected chi connectivity index (χ2v) is 8.49. The van der Waals surface area contributed by atoms with Gasteiger partial charge in [0.2, 0.25) is 0 Å². The van der Waals surface area contributed by atoms with E-state index in [1.54, 1.807) is 12.1 Å². The summed E-state index contributed by atoms with van der Waals surface area (Å²) in [5, 5.41) is 5.68. The molecule has 1 heterocycles. The predicted molar refractivity (Wildman–Crippen MR) is 129 cm³/mol. The van der Waals surface area contributed by atoms with Gasteiger partial charge in [0.25, 0.3) is 5.91 Å². The number of benzene rings is 3. The molecule has 1 amide bonds. The number of hydrogen-bond acceptors (Lipinski definition) is 4. The molecule has 4 aromatic rings. The number of carbonyl (C=O) groups is 2. The van der Waals surface area contributed by atoms with Gasteiger partial charge in [-0.25, -0.2) is 4.98 Å². The molecule has 5 heteroatoms. The van der Waals surface area contributed by atoms with E-state index in [1.165, 1.54) is 11.3 Å². The number of aryl methyl sites for hydroxylation is 1. The van der Waals surface area contributed by atoms with Crippen molar-refractivity contribution in [3.05, 3.63) is 113 Å². The molecule has 0 aliphatic heterocycles. The number of carbonyl (C=O) groups excluding carboxylic acids is 2. The van der Waals surface area contributed by atoms with Crippen LogP contribution in [-0.2, 0) is 17.6 Å². The number of aromatic nitrogens is 1. The third kappa shape index (κ3) is 5.77. The van der Waals surface area contributed by atoms with Crippen molar-refractivity contribution in [1.82, 2.24) is 10.3 Å². The minimum Gasteiger partial charge on any atom is -0.342 e. The molecular weight excluding hydrogens is 416 g/mol. The molecule has 4 nitrogen and oxygen atoms in total. The van der Waals surface area contributed by atoms with Crippen LogP contribution in [0.2, 0.25) is 0 Å². The van der Waals surface area contributed by atoms with Gasteiger partial charge in [-0.15, -0.1) is 11.3 Å². The molecule has 1 aromatic heterocycles. The van der Waals surface area contributed by atoms with Crippen LogP contribution in [0.5, 0.6) is 0 Å². The van der Waals surface area contributed by atoms with Crippen LogP contribution in [-0.4, -0.2) is 22.7 Å². The van der Waals surface area contributed by atoms with E-state index in [4.69, 9.17) is 0 Å². The zero-order chi connectivity index (χ0) is 22.2. The molecule has 0 aliphatic rings. The van der Waals surface area contributed by atoms with Crippen molar-refractivity contribution >= 4 is 23.0 Å². The Balaban J connectivity index is 1.47. The summed E-state index contributed by atoms with van der Waals surface area (Å²) < 4.78 is 0. The van der Waals surface area contributed by atoms with E-state index in [9.17, 15) is 9.59 Å². The number of amides is 1. The Morgan fingerprint density at radius 2 is 1.47 bits per heavy atom. The lowest BCUT2D eigenvalue weighted by molar-refractivity contribution is -0.120. The second-order valence-electron chi connectivity index (χ2n) is 7.55. The highest BCUT2D eigenvalue weighted by Gasteiger charge is 2.22. The highest BCUT2D eigenvalue weighted by atomic mass is 32.1. The average molecular weight is 441 g/mol. The molecule has 4 rings (SSSR count). The van der Waals surface area contributed by atoms with Crippen molar-refractivity contribution in [2.45, 2.75) is 25.3 Å². The van der Waals surface area contributed by atoms with Crippen LogP contribution >= 0.6 is 11.3 Å². The number of nitrogens with one attached hydrogen (secondary N) is 1. The first-order valence-electron chi connectivity index (χ1n) is 10.6. The number of rotatable bonds is 9. The third-order valence-electron chi connectivity index (χ3n) is 5.24. The van der Waals surface area contributed by atoms with E-state index in [0.29, 0.717) is 18.4 Å². The van der Waals surface area contributed by atoms with E-state index < -0.39 is 6.04 Å². The molecule has 1 N–H and O–H groups in total. The van der Waals surface area contributed by atoms with Crippen molar-refractivity contribution in [3.8, 4) is 11.3 Å². The standard InChI is InChI=1S/C27H24N2O2S/c30-25(18-26-28-24(19-32-26)21-12-6-2-7-13-21)23(17-16-20-10-4-1-5-11-20)29-27(31)22-14-8-3-9-15-22/h1-15,19,23H,16-18H2,(H,29,31)/t23-/m0/s1. The van der Waals surface area contributed by atoms with Crippen LogP contribution in [0.1, 0.15) is 27.3 Å². The molecule has 0 fully saturated rings. The third-order valence-corrected chi connectivity index (χ3v) is 6.09. The fourth-order valence-corrected chi connectivity index (χ4v) is 4.32. The maximum Gasteiger partial charge on any atom is 0.251 e. The Hall–Kier alpha value is -3.57. The molecule has 3 aromatic carbocycles. The quantitative estimate of drug-likeness (QED) is 0.381.